The van der Waals surface area contributed by atoms with Crippen LogP contribution in [-0.4, -0.2) is 102 Å². The molecule has 0 aromatic heterocycles. The van der Waals surface area contributed by atoms with Crippen molar-refractivity contribution >= 4 is 23.9 Å². The van der Waals surface area contributed by atoms with Gasteiger partial charge in [-0.3, -0.25) is 19.2 Å². The predicted octanol–water partition coefficient (Wildman–Crippen LogP) is 0.749. The maximum atomic E-state index is 12.0. The van der Waals surface area contributed by atoms with Crippen molar-refractivity contribution in [3.63, 3.8) is 0 Å². The van der Waals surface area contributed by atoms with Crippen molar-refractivity contribution in [2.24, 2.45) is 0 Å². The van der Waals surface area contributed by atoms with E-state index in [9.17, 15) is 19.2 Å². The molecule has 2 N–H and O–H groups in total. The fourth-order valence-corrected chi connectivity index (χ4v) is 2.96. The van der Waals surface area contributed by atoms with E-state index in [0.717, 1.165) is 0 Å². The lowest BCUT2D eigenvalue weighted by Crippen LogP contribution is -2.41. The second-order valence-electron chi connectivity index (χ2n) is 7.47. The Kier molecular flexibility index (Phi) is 21.7. The van der Waals surface area contributed by atoms with Crippen LogP contribution < -0.4 is 10.6 Å². The number of ether oxygens (including phenoxy) is 6. The molecule has 0 amide bonds. The summed E-state index contributed by atoms with van der Waals surface area (Å²) in [5.41, 5.74) is 0. The monoisotopic (exact) mass is 520 g/mol. The van der Waals surface area contributed by atoms with Gasteiger partial charge in [-0.2, -0.15) is 0 Å². The van der Waals surface area contributed by atoms with E-state index < -0.39 is 36.0 Å². The van der Waals surface area contributed by atoms with Gasteiger partial charge in [0.1, 0.15) is 12.1 Å². The van der Waals surface area contributed by atoms with Crippen LogP contribution in [0.15, 0.2) is 0 Å². The molecule has 0 radical (unpaired) electrons. The van der Waals surface area contributed by atoms with E-state index in [1.807, 2.05) is 0 Å². The number of hydrogen-bond acceptors (Lipinski definition) is 12. The van der Waals surface area contributed by atoms with Gasteiger partial charge in [0.05, 0.1) is 52.5 Å². The molecule has 0 aromatic rings. The van der Waals surface area contributed by atoms with Gasteiger partial charge in [-0.1, -0.05) is 0 Å². The summed E-state index contributed by atoms with van der Waals surface area (Å²) in [6.07, 6.45) is 1.11. The Hall–Kier alpha value is -2.28. The molecule has 0 spiro atoms. The van der Waals surface area contributed by atoms with E-state index >= 15 is 0 Å². The molecular formula is C24H44N2O10. The van der Waals surface area contributed by atoms with E-state index in [0.29, 0.717) is 52.4 Å². The van der Waals surface area contributed by atoms with Crippen LogP contribution in [0.5, 0.6) is 0 Å². The number of hydrogen-bond donors (Lipinski definition) is 2. The minimum Gasteiger partial charge on any atom is -0.466 e. The second kappa shape index (κ2) is 23.1. The van der Waals surface area contributed by atoms with Crippen LogP contribution in [0.3, 0.4) is 0 Å². The first-order chi connectivity index (χ1) is 17.4. The summed E-state index contributed by atoms with van der Waals surface area (Å²) in [5.74, 6) is -1.88. The number of nitrogens with one attached hydrogen (secondary N) is 2. The first-order valence-corrected chi connectivity index (χ1v) is 12.7. The Bertz CT molecular complexity index is 566. The number of rotatable bonds is 23. The third kappa shape index (κ3) is 18.1. The van der Waals surface area contributed by atoms with Crippen LogP contribution >= 0.6 is 0 Å². The molecule has 0 aliphatic rings. The Labute approximate surface area is 214 Å². The first-order valence-electron chi connectivity index (χ1n) is 12.7. The summed E-state index contributed by atoms with van der Waals surface area (Å²) in [6.45, 7) is 10.5. The van der Waals surface area contributed by atoms with E-state index in [1.165, 1.54) is 0 Å². The summed E-state index contributed by atoms with van der Waals surface area (Å²) in [7, 11) is 0. The summed E-state index contributed by atoms with van der Waals surface area (Å²) < 4.78 is 30.8. The largest absolute Gasteiger partial charge is 0.466 e. The van der Waals surface area contributed by atoms with Gasteiger partial charge in [0, 0.05) is 13.2 Å². The molecule has 0 bridgehead atoms. The third-order valence-electron chi connectivity index (χ3n) is 4.58. The Morgan fingerprint density at radius 3 is 1.25 bits per heavy atom. The molecule has 0 heterocycles. The van der Waals surface area contributed by atoms with Crippen LogP contribution in [-0.2, 0) is 47.6 Å². The lowest BCUT2D eigenvalue weighted by molar-refractivity contribution is -0.152. The average molecular weight is 521 g/mol. The van der Waals surface area contributed by atoms with Crippen LogP contribution in [0.25, 0.3) is 0 Å². The van der Waals surface area contributed by atoms with Gasteiger partial charge in [-0.05, 0) is 53.6 Å². The average Bonchev–Trinajstić information content (AvgIpc) is 2.83. The predicted molar refractivity (Wildman–Crippen MR) is 130 cm³/mol. The SMILES string of the molecule is CCOC(=O)CC(NCCCOCCOCCCNC(CC(=O)OCC)C(=O)OCC)C(=O)OCC. The standard InChI is InChI=1S/C24H44N2O10/c1-5-33-21(27)17-19(23(29)35-7-3)25-11-9-13-31-15-16-32-14-10-12-26-20(24(30)36-8-4)18-22(28)34-6-2/h19-20,25-26H,5-18H2,1-4H3. The third-order valence-corrected chi connectivity index (χ3v) is 4.58. The Morgan fingerprint density at radius 2 is 0.917 bits per heavy atom. The zero-order valence-electron chi connectivity index (χ0n) is 22.1. The number of carbonyl (C=O) groups excluding carboxylic acids is 4. The highest BCUT2D eigenvalue weighted by atomic mass is 16.5. The van der Waals surface area contributed by atoms with Gasteiger partial charge in [-0.25, -0.2) is 0 Å². The molecule has 210 valence electrons. The molecule has 2 unspecified atom stereocenters. The highest BCUT2D eigenvalue weighted by molar-refractivity contribution is 5.83. The van der Waals surface area contributed by atoms with Crippen molar-refractivity contribution in [1.29, 1.82) is 0 Å². The molecule has 12 nitrogen and oxygen atoms in total. The minimum absolute atomic E-state index is 0.0837. The smallest absolute Gasteiger partial charge is 0.323 e. The molecule has 0 fully saturated rings. The molecule has 36 heavy (non-hydrogen) atoms. The summed E-state index contributed by atoms with van der Waals surface area (Å²) >= 11 is 0. The molecular weight excluding hydrogens is 476 g/mol. The number of esters is 4. The highest BCUT2D eigenvalue weighted by Gasteiger charge is 2.24. The number of carbonyl (C=O) groups is 4. The molecule has 0 saturated carbocycles. The highest BCUT2D eigenvalue weighted by Crippen LogP contribution is 2.01. The van der Waals surface area contributed by atoms with Gasteiger partial charge in [0.25, 0.3) is 0 Å². The first kappa shape index (κ1) is 33.7. The van der Waals surface area contributed by atoms with Gasteiger partial charge >= 0.3 is 23.9 Å². The van der Waals surface area contributed by atoms with Gasteiger partial charge in [-0.15, -0.1) is 0 Å². The quantitative estimate of drug-likeness (QED) is 0.111. The van der Waals surface area contributed by atoms with Crippen LogP contribution in [0.1, 0.15) is 53.4 Å². The normalized spacial score (nSPS) is 12.4. The fraction of sp³-hybridized carbons (Fsp3) is 0.833. The molecule has 0 aromatic carbocycles. The summed E-state index contributed by atoms with van der Waals surface area (Å²) in [6, 6.07) is -1.50. The van der Waals surface area contributed by atoms with Crippen molar-refractivity contribution in [3.8, 4) is 0 Å². The summed E-state index contributed by atoms with van der Waals surface area (Å²) in [5, 5.41) is 6.01. The molecule has 0 aliphatic carbocycles. The minimum atomic E-state index is -0.748. The van der Waals surface area contributed by atoms with Crippen molar-refractivity contribution in [1.82, 2.24) is 10.6 Å². The van der Waals surface area contributed by atoms with Gasteiger partial charge in [0.15, 0.2) is 0 Å². The molecule has 0 saturated heterocycles. The maximum absolute atomic E-state index is 12.0. The van der Waals surface area contributed by atoms with Crippen LogP contribution in [0, 0.1) is 0 Å². The van der Waals surface area contributed by atoms with Gasteiger partial charge in [0.2, 0.25) is 0 Å². The van der Waals surface area contributed by atoms with E-state index in [-0.39, 0.29) is 39.3 Å². The lowest BCUT2D eigenvalue weighted by atomic mass is 10.2. The molecule has 0 rings (SSSR count). The maximum Gasteiger partial charge on any atom is 0.323 e. The van der Waals surface area contributed by atoms with Gasteiger partial charge < -0.3 is 39.1 Å². The van der Waals surface area contributed by atoms with Crippen molar-refractivity contribution in [3.05, 3.63) is 0 Å². The van der Waals surface area contributed by atoms with Crippen LogP contribution in [0.4, 0.5) is 0 Å². The topological polar surface area (TPSA) is 148 Å². The van der Waals surface area contributed by atoms with E-state index in [1.54, 1.807) is 27.7 Å². The zero-order valence-corrected chi connectivity index (χ0v) is 22.1. The zero-order chi connectivity index (χ0) is 27.0. The Morgan fingerprint density at radius 1 is 0.556 bits per heavy atom. The van der Waals surface area contributed by atoms with E-state index in [4.69, 9.17) is 28.4 Å². The van der Waals surface area contributed by atoms with Crippen molar-refractivity contribution in [2.75, 3.05) is 65.9 Å². The van der Waals surface area contributed by atoms with E-state index in [2.05, 4.69) is 10.6 Å². The lowest BCUT2D eigenvalue weighted by Gasteiger charge is -2.16. The Balaban J connectivity index is 3.94. The molecule has 0 aliphatic heterocycles. The van der Waals surface area contributed by atoms with Crippen molar-refractivity contribution < 1.29 is 47.6 Å². The molecule has 12 heteroatoms. The molecule has 2 atom stereocenters. The fourth-order valence-electron chi connectivity index (χ4n) is 2.96. The van der Waals surface area contributed by atoms with Crippen LogP contribution in [0.2, 0.25) is 0 Å². The second-order valence-corrected chi connectivity index (χ2v) is 7.47. The van der Waals surface area contributed by atoms with Crippen molar-refractivity contribution in [2.45, 2.75) is 65.5 Å². The summed E-state index contributed by atoms with van der Waals surface area (Å²) in [4.78, 5) is 47.3.